The molecule has 0 radical (unpaired) electrons. The number of rotatable bonds is 2. The molecule has 2 rings (SSSR count). The number of hydrogen-bond donors (Lipinski definition) is 2. The predicted molar refractivity (Wildman–Crippen MR) is 77.9 cm³/mol. The maximum atomic E-state index is 13.5. The van der Waals surface area contributed by atoms with Gasteiger partial charge in [-0.3, -0.25) is 4.79 Å². The van der Waals surface area contributed by atoms with E-state index in [9.17, 15) is 9.18 Å². The average molecular weight is 356 g/mol. The van der Waals surface area contributed by atoms with Gasteiger partial charge < -0.3 is 11.1 Å². The van der Waals surface area contributed by atoms with Gasteiger partial charge in [0.25, 0.3) is 5.91 Å². The maximum Gasteiger partial charge on any atom is 0.258 e. The molecule has 18 heavy (non-hydrogen) atoms. The Bertz CT molecular complexity index is 601. The van der Waals surface area contributed by atoms with Crippen LogP contribution in [0.1, 0.15) is 10.4 Å². The summed E-state index contributed by atoms with van der Waals surface area (Å²) in [6, 6.07) is 11.3. The third-order valence-corrected chi connectivity index (χ3v) is 2.99. The van der Waals surface area contributed by atoms with Crippen molar-refractivity contribution in [1.29, 1.82) is 0 Å². The second kappa shape index (κ2) is 5.34. The van der Waals surface area contributed by atoms with E-state index in [4.69, 9.17) is 5.73 Å². The molecule has 1 amide bonds. The summed E-state index contributed by atoms with van der Waals surface area (Å²) >= 11 is 2.14. The largest absolute Gasteiger partial charge is 0.399 e. The molecule has 92 valence electrons. The zero-order chi connectivity index (χ0) is 13.1. The molecule has 2 aromatic carbocycles. The minimum absolute atomic E-state index is 0.0249. The first-order valence-electron chi connectivity index (χ1n) is 5.18. The van der Waals surface area contributed by atoms with Gasteiger partial charge in [-0.15, -0.1) is 0 Å². The SMILES string of the molecule is Nc1ccc(C(=O)Nc2cccc(I)c2)c(F)c1. The summed E-state index contributed by atoms with van der Waals surface area (Å²) in [6.07, 6.45) is 0. The van der Waals surface area contributed by atoms with Crippen molar-refractivity contribution in [3.05, 3.63) is 57.4 Å². The summed E-state index contributed by atoms with van der Waals surface area (Å²) in [5.41, 5.74) is 6.32. The standard InChI is InChI=1S/C13H10FIN2O/c14-12-7-9(16)4-5-11(12)13(18)17-10-3-1-2-8(15)6-10/h1-7H,16H2,(H,17,18). The number of nitrogen functional groups attached to an aromatic ring is 1. The summed E-state index contributed by atoms with van der Waals surface area (Å²) < 4.78 is 14.5. The minimum Gasteiger partial charge on any atom is -0.399 e. The van der Waals surface area contributed by atoms with Crippen LogP contribution >= 0.6 is 22.6 Å². The Labute approximate surface area is 117 Å². The number of amides is 1. The smallest absolute Gasteiger partial charge is 0.258 e. The molecule has 0 heterocycles. The Morgan fingerprint density at radius 1 is 1.22 bits per heavy atom. The van der Waals surface area contributed by atoms with Gasteiger partial charge in [-0.05, 0) is 59.0 Å². The molecule has 0 bridgehead atoms. The molecule has 3 N–H and O–H groups in total. The molecule has 5 heteroatoms. The number of nitrogens with one attached hydrogen (secondary N) is 1. The molecule has 0 aliphatic carbocycles. The number of carbonyl (C=O) groups excluding carboxylic acids is 1. The van der Waals surface area contributed by atoms with E-state index in [2.05, 4.69) is 27.9 Å². The number of nitrogens with two attached hydrogens (primary N) is 1. The fourth-order valence-corrected chi connectivity index (χ4v) is 2.02. The Morgan fingerprint density at radius 3 is 2.67 bits per heavy atom. The number of hydrogen-bond acceptors (Lipinski definition) is 2. The summed E-state index contributed by atoms with van der Waals surface area (Å²) in [6.45, 7) is 0. The molecule has 0 saturated heterocycles. The van der Waals surface area contributed by atoms with Gasteiger partial charge in [0, 0.05) is 14.9 Å². The Hall–Kier alpha value is -1.63. The van der Waals surface area contributed by atoms with Crippen molar-refractivity contribution in [2.24, 2.45) is 0 Å². The van der Waals surface area contributed by atoms with E-state index in [-0.39, 0.29) is 5.56 Å². The number of benzene rings is 2. The van der Waals surface area contributed by atoms with Crippen LogP contribution in [-0.4, -0.2) is 5.91 Å². The van der Waals surface area contributed by atoms with Crippen molar-refractivity contribution < 1.29 is 9.18 Å². The lowest BCUT2D eigenvalue weighted by Gasteiger charge is -2.07. The summed E-state index contributed by atoms with van der Waals surface area (Å²) in [4.78, 5) is 11.9. The molecule has 0 aromatic heterocycles. The van der Waals surface area contributed by atoms with Gasteiger partial charge in [-0.25, -0.2) is 4.39 Å². The van der Waals surface area contributed by atoms with Crippen molar-refractivity contribution in [2.75, 3.05) is 11.1 Å². The lowest BCUT2D eigenvalue weighted by atomic mass is 10.1. The van der Waals surface area contributed by atoms with Gasteiger partial charge in [-0.2, -0.15) is 0 Å². The summed E-state index contributed by atoms with van der Waals surface area (Å²) in [7, 11) is 0. The van der Waals surface area contributed by atoms with E-state index in [0.717, 1.165) is 9.64 Å². The molecular weight excluding hydrogens is 346 g/mol. The first-order chi connectivity index (χ1) is 8.56. The monoisotopic (exact) mass is 356 g/mol. The van der Waals surface area contributed by atoms with Crippen molar-refractivity contribution in [2.45, 2.75) is 0 Å². The van der Waals surface area contributed by atoms with Gasteiger partial charge in [0.15, 0.2) is 0 Å². The van der Waals surface area contributed by atoms with E-state index in [1.807, 2.05) is 12.1 Å². The predicted octanol–water partition coefficient (Wildman–Crippen LogP) is 3.26. The van der Waals surface area contributed by atoms with E-state index in [0.29, 0.717) is 11.4 Å². The lowest BCUT2D eigenvalue weighted by Crippen LogP contribution is -2.14. The Kier molecular flexibility index (Phi) is 3.81. The quantitative estimate of drug-likeness (QED) is 0.641. The molecule has 0 atom stereocenters. The third-order valence-electron chi connectivity index (χ3n) is 2.32. The molecule has 2 aromatic rings. The number of anilines is 2. The normalized spacial score (nSPS) is 10.1. The van der Waals surface area contributed by atoms with Gasteiger partial charge >= 0.3 is 0 Å². The lowest BCUT2D eigenvalue weighted by molar-refractivity contribution is 0.102. The topological polar surface area (TPSA) is 55.1 Å². The third kappa shape index (κ3) is 2.98. The molecule has 3 nitrogen and oxygen atoms in total. The van der Waals surface area contributed by atoms with Gasteiger partial charge in [-0.1, -0.05) is 6.07 Å². The zero-order valence-electron chi connectivity index (χ0n) is 9.28. The first-order valence-corrected chi connectivity index (χ1v) is 6.26. The second-order valence-electron chi connectivity index (χ2n) is 3.70. The number of carbonyl (C=O) groups is 1. The van der Waals surface area contributed by atoms with Crippen molar-refractivity contribution in [1.82, 2.24) is 0 Å². The molecule has 0 spiro atoms. The molecular formula is C13H10FIN2O. The molecule has 0 aliphatic heterocycles. The first kappa shape index (κ1) is 12.8. The zero-order valence-corrected chi connectivity index (χ0v) is 11.4. The summed E-state index contributed by atoms with van der Waals surface area (Å²) in [5, 5.41) is 2.63. The van der Waals surface area contributed by atoms with Crippen LogP contribution in [0.4, 0.5) is 15.8 Å². The molecule has 0 unspecified atom stereocenters. The Morgan fingerprint density at radius 2 is 2.00 bits per heavy atom. The number of halogens is 2. The highest BCUT2D eigenvalue weighted by Gasteiger charge is 2.11. The summed E-state index contributed by atoms with van der Waals surface area (Å²) in [5.74, 6) is -1.12. The van der Waals surface area contributed by atoms with Crippen molar-refractivity contribution in [3.63, 3.8) is 0 Å². The van der Waals surface area contributed by atoms with Gasteiger partial charge in [0.05, 0.1) is 5.56 Å². The maximum absolute atomic E-state index is 13.5. The highest BCUT2D eigenvalue weighted by Crippen LogP contribution is 2.16. The fraction of sp³-hybridized carbons (Fsp3) is 0. The van der Waals surface area contributed by atoms with Crippen LogP contribution in [0, 0.1) is 9.39 Å². The second-order valence-corrected chi connectivity index (χ2v) is 4.95. The van der Waals surface area contributed by atoms with Crippen LogP contribution in [0.5, 0.6) is 0 Å². The van der Waals surface area contributed by atoms with Crippen LogP contribution in [-0.2, 0) is 0 Å². The van der Waals surface area contributed by atoms with Crippen LogP contribution < -0.4 is 11.1 Å². The van der Waals surface area contributed by atoms with Crippen molar-refractivity contribution >= 4 is 39.9 Å². The van der Waals surface area contributed by atoms with Crippen LogP contribution in [0.25, 0.3) is 0 Å². The molecule has 0 aliphatic rings. The Balaban J connectivity index is 2.22. The van der Waals surface area contributed by atoms with E-state index < -0.39 is 11.7 Å². The molecule has 0 fully saturated rings. The van der Waals surface area contributed by atoms with E-state index >= 15 is 0 Å². The van der Waals surface area contributed by atoms with E-state index in [1.165, 1.54) is 12.1 Å². The average Bonchev–Trinajstić information content (AvgIpc) is 2.28. The van der Waals surface area contributed by atoms with E-state index in [1.54, 1.807) is 12.1 Å². The van der Waals surface area contributed by atoms with Gasteiger partial charge in [0.1, 0.15) is 5.82 Å². The van der Waals surface area contributed by atoms with Crippen LogP contribution in [0.3, 0.4) is 0 Å². The van der Waals surface area contributed by atoms with Crippen LogP contribution in [0.15, 0.2) is 42.5 Å². The van der Waals surface area contributed by atoms with Crippen molar-refractivity contribution in [3.8, 4) is 0 Å². The minimum atomic E-state index is -0.627. The van der Waals surface area contributed by atoms with Crippen LogP contribution in [0.2, 0.25) is 0 Å². The molecule has 0 saturated carbocycles. The highest BCUT2D eigenvalue weighted by molar-refractivity contribution is 14.1. The fourth-order valence-electron chi connectivity index (χ4n) is 1.48. The highest BCUT2D eigenvalue weighted by atomic mass is 127. The van der Waals surface area contributed by atoms with Gasteiger partial charge in [0.2, 0.25) is 0 Å².